The molecule has 4 nitrogen and oxygen atoms in total. The van der Waals surface area contributed by atoms with Crippen LogP contribution in [0.2, 0.25) is 0 Å². The van der Waals surface area contributed by atoms with Crippen LogP contribution in [0.3, 0.4) is 0 Å². The van der Waals surface area contributed by atoms with Crippen LogP contribution in [0.5, 0.6) is 23.0 Å². The molecule has 0 aliphatic rings. The highest BCUT2D eigenvalue weighted by Gasteiger charge is 2.41. The van der Waals surface area contributed by atoms with E-state index in [2.05, 4.69) is 97.1 Å². The highest BCUT2D eigenvalue weighted by molar-refractivity contribution is 7.19. The van der Waals surface area contributed by atoms with Gasteiger partial charge in [-0.3, -0.25) is 0 Å². The maximum absolute atomic E-state index is 9.92. The Labute approximate surface area is 309 Å². The van der Waals surface area contributed by atoms with Crippen LogP contribution in [-0.2, 0) is 0 Å². The van der Waals surface area contributed by atoms with Gasteiger partial charge < -0.3 is 20.4 Å². The minimum atomic E-state index is -2.99. The van der Waals surface area contributed by atoms with Gasteiger partial charge in [-0.05, 0) is 114 Å². The van der Waals surface area contributed by atoms with Gasteiger partial charge in [0.15, 0.2) is 8.07 Å². The molecule has 0 fully saturated rings. The summed E-state index contributed by atoms with van der Waals surface area (Å²) in [6.07, 6.45) is 0. The van der Waals surface area contributed by atoms with Gasteiger partial charge in [-0.1, -0.05) is 146 Å². The average molecular weight is 705 g/mol. The Morgan fingerprint density at radius 2 is 0.321 bits per heavy atom. The number of benzene rings is 8. The zero-order valence-corrected chi connectivity index (χ0v) is 29.8. The van der Waals surface area contributed by atoms with Gasteiger partial charge in [0, 0.05) is 0 Å². The molecule has 0 saturated carbocycles. The van der Waals surface area contributed by atoms with Gasteiger partial charge in [0.1, 0.15) is 23.0 Å². The first-order chi connectivity index (χ1) is 25.9. The first-order valence-electron chi connectivity index (χ1n) is 17.5. The Hall–Kier alpha value is -6.82. The molecule has 0 saturated heterocycles. The molecular formula is C48H36O4Si. The van der Waals surface area contributed by atoms with E-state index in [0.717, 1.165) is 44.5 Å². The van der Waals surface area contributed by atoms with Crippen LogP contribution in [0, 0.1) is 0 Å². The van der Waals surface area contributed by atoms with Crippen molar-refractivity contribution in [3.8, 4) is 67.5 Å². The molecule has 0 bridgehead atoms. The molecule has 0 amide bonds. The van der Waals surface area contributed by atoms with Crippen molar-refractivity contribution in [2.24, 2.45) is 0 Å². The Bertz CT molecular complexity index is 2090. The molecule has 4 N–H and O–H groups in total. The van der Waals surface area contributed by atoms with Crippen LogP contribution in [0.1, 0.15) is 0 Å². The van der Waals surface area contributed by atoms with Crippen molar-refractivity contribution in [1.29, 1.82) is 0 Å². The van der Waals surface area contributed by atoms with Crippen LogP contribution >= 0.6 is 0 Å². The lowest BCUT2D eigenvalue weighted by atomic mass is 10.1. The van der Waals surface area contributed by atoms with Crippen LogP contribution in [0.4, 0.5) is 0 Å². The molecule has 0 spiro atoms. The first-order valence-corrected chi connectivity index (χ1v) is 19.5. The third-order valence-electron chi connectivity index (χ3n) is 10.1. The quantitative estimate of drug-likeness (QED) is 0.0945. The van der Waals surface area contributed by atoms with Gasteiger partial charge >= 0.3 is 0 Å². The van der Waals surface area contributed by atoms with Crippen molar-refractivity contribution in [2.45, 2.75) is 0 Å². The third-order valence-corrected chi connectivity index (χ3v) is 14.9. The first kappa shape index (κ1) is 33.3. The van der Waals surface area contributed by atoms with Gasteiger partial charge in [-0.2, -0.15) is 0 Å². The standard InChI is InChI=1S/C48H36O4Si/c49-41-17-1-33(2-18-41)37-9-25-45(26-10-37)53(46-27-11-38(12-28-46)34-3-19-42(50)20-4-34,47-29-13-39(14-30-47)35-5-21-43(51)22-6-35)48-31-15-40(16-32-48)36-7-23-44(52)24-8-36/h1-32,49-52H. The van der Waals surface area contributed by atoms with E-state index in [0.29, 0.717) is 0 Å². The second kappa shape index (κ2) is 14.1. The fourth-order valence-corrected chi connectivity index (χ4v) is 11.9. The number of phenols is 4. The minimum absolute atomic E-state index is 0.235. The molecule has 8 aromatic rings. The van der Waals surface area contributed by atoms with Crippen molar-refractivity contribution in [3.05, 3.63) is 194 Å². The fourth-order valence-electron chi connectivity index (χ4n) is 7.27. The summed E-state index contributed by atoms with van der Waals surface area (Å²) in [5.41, 5.74) is 8.34. The summed E-state index contributed by atoms with van der Waals surface area (Å²) >= 11 is 0. The summed E-state index contributed by atoms with van der Waals surface area (Å²) in [4.78, 5) is 0. The molecule has 0 aromatic heterocycles. The molecule has 53 heavy (non-hydrogen) atoms. The van der Waals surface area contributed by atoms with Crippen LogP contribution in [0.15, 0.2) is 194 Å². The van der Waals surface area contributed by atoms with Gasteiger partial charge in [0.25, 0.3) is 0 Å². The molecule has 0 aliphatic carbocycles. The smallest absolute Gasteiger partial charge is 0.179 e. The van der Waals surface area contributed by atoms with E-state index in [1.165, 1.54) is 20.7 Å². The maximum Gasteiger partial charge on any atom is 0.179 e. The van der Waals surface area contributed by atoms with Crippen molar-refractivity contribution in [3.63, 3.8) is 0 Å². The van der Waals surface area contributed by atoms with E-state index in [1.807, 2.05) is 48.5 Å². The second-order valence-corrected chi connectivity index (χ2v) is 17.1. The van der Waals surface area contributed by atoms with Gasteiger partial charge in [0.2, 0.25) is 0 Å². The van der Waals surface area contributed by atoms with Crippen molar-refractivity contribution >= 4 is 28.8 Å². The molecule has 0 heterocycles. The molecule has 0 radical (unpaired) electrons. The molecule has 8 aromatic carbocycles. The highest BCUT2D eigenvalue weighted by atomic mass is 28.3. The predicted octanol–water partition coefficient (Wildman–Crippen LogP) is 8.55. The summed E-state index contributed by atoms with van der Waals surface area (Å²) in [7, 11) is -2.99. The largest absolute Gasteiger partial charge is 0.508 e. The number of aromatic hydroxyl groups is 4. The van der Waals surface area contributed by atoms with E-state index in [4.69, 9.17) is 0 Å². The van der Waals surface area contributed by atoms with Gasteiger partial charge in [-0.15, -0.1) is 0 Å². The summed E-state index contributed by atoms with van der Waals surface area (Å²) in [5.74, 6) is 0.941. The third kappa shape index (κ3) is 6.58. The van der Waals surface area contributed by atoms with Crippen molar-refractivity contribution in [1.82, 2.24) is 0 Å². The van der Waals surface area contributed by atoms with Gasteiger partial charge in [0.05, 0.1) is 0 Å². The summed E-state index contributed by atoms with van der Waals surface area (Å²) in [5, 5.41) is 44.5. The van der Waals surface area contributed by atoms with E-state index in [-0.39, 0.29) is 23.0 Å². The summed E-state index contributed by atoms with van der Waals surface area (Å²) < 4.78 is 0. The molecule has 0 aliphatic heterocycles. The van der Waals surface area contributed by atoms with E-state index >= 15 is 0 Å². The molecule has 0 atom stereocenters. The fraction of sp³-hybridized carbons (Fsp3) is 0. The lowest BCUT2D eigenvalue weighted by Gasteiger charge is -2.35. The Kier molecular flexibility index (Phi) is 8.84. The van der Waals surface area contributed by atoms with E-state index in [9.17, 15) is 20.4 Å². The number of phenolic OH excluding ortho intramolecular Hbond substituents is 4. The highest BCUT2D eigenvalue weighted by Crippen LogP contribution is 2.27. The lowest BCUT2D eigenvalue weighted by Crippen LogP contribution is -2.74. The van der Waals surface area contributed by atoms with Crippen molar-refractivity contribution in [2.75, 3.05) is 0 Å². The SMILES string of the molecule is Oc1ccc(-c2ccc([Si](c3ccc(-c4ccc(O)cc4)cc3)(c3ccc(-c4ccc(O)cc4)cc3)c3ccc(-c4ccc(O)cc4)cc3)cc2)cc1. The van der Waals surface area contributed by atoms with E-state index < -0.39 is 8.07 Å². The summed E-state index contributed by atoms with van der Waals surface area (Å²) in [6, 6.07) is 64.5. The minimum Gasteiger partial charge on any atom is -0.508 e. The number of rotatable bonds is 8. The Morgan fingerprint density at radius 1 is 0.189 bits per heavy atom. The molecule has 256 valence electrons. The lowest BCUT2D eigenvalue weighted by molar-refractivity contribution is 0.475. The Morgan fingerprint density at radius 3 is 0.472 bits per heavy atom. The zero-order valence-electron chi connectivity index (χ0n) is 28.8. The van der Waals surface area contributed by atoms with Crippen LogP contribution in [0.25, 0.3) is 44.5 Å². The predicted molar refractivity (Wildman–Crippen MR) is 218 cm³/mol. The number of hydrogen-bond donors (Lipinski definition) is 4. The monoisotopic (exact) mass is 704 g/mol. The molecule has 5 heteroatoms. The molecule has 8 rings (SSSR count). The zero-order chi connectivity index (χ0) is 36.4. The van der Waals surface area contributed by atoms with Crippen LogP contribution in [-0.4, -0.2) is 28.5 Å². The van der Waals surface area contributed by atoms with E-state index in [1.54, 1.807) is 48.5 Å². The Balaban J connectivity index is 1.33. The maximum atomic E-state index is 9.92. The molecular weight excluding hydrogens is 669 g/mol. The molecule has 0 unspecified atom stereocenters. The van der Waals surface area contributed by atoms with Gasteiger partial charge in [-0.25, -0.2) is 0 Å². The number of hydrogen-bond acceptors (Lipinski definition) is 4. The second-order valence-electron chi connectivity index (χ2n) is 13.2. The summed E-state index contributed by atoms with van der Waals surface area (Å²) in [6.45, 7) is 0. The van der Waals surface area contributed by atoms with Crippen LogP contribution < -0.4 is 20.7 Å². The topological polar surface area (TPSA) is 80.9 Å². The average Bonchev–Trinajstić information content (AvgIpc) is 3.20. The van der Waals surface area contributed by atoms with Crippen molar-refractivity contribution < 1.29 is 20.4 Å². The normalized spacial score (nSPS) is 11.3.